The van der Waals surface area contributed by atoms with Crippen LogP contribution in [0.15, 0.2) is 30.3 Å². The summed E-state index contributed by atoms with van der Waals surface area (Å²) in [7, 11) is 0. The molecule has 1 aromatic heterocycles. The van der Waals surface area contributed by atoms with Crippen LogP contribution in [0.25, 0.3) is 10.9 Å². The molecule has 0 spiro atoms. The van der Waals surface area contributed by atoms with Crippen LogP contribution in [-0.2, 0) is 4.79 Å². The Hall–Kier alpha value is -2.21. The van der Waals surface area contributed by atoms with Gasteiger partial charge in [0.05, 0.1) is 5.52 Å². The number of rotatable bonds is 5. The van der Waals surface area contributed by atoms with Gasteiger partial charge >= 0.3 is 0 Å². The molecule has 20 heavy (non-hydrogen) atoms. The molecule has 0 aliphatic heterocycles. The Kier molecular flexibility index (Phi) is 4.47. The lowest BCUT2D eigenvalue weighted by molar-refractivity contribution is -0.118. The maximum Gasteiger partial charge on any atom is 0.216 e. The standard InChI is InChI=1S/C14H16N4OS/c1-9(19)16-6-7-17-13-8-11(14(15)20)10-4-2-3-5-12(10)18-13/h2-5,8H,6-7H2,1H3,(H2,15,20)(H,16,19)(H,17,18). The molecule has 0 unspecified atom stereocenters. The summed E-state index contributed by atoms with van der Waals surface area (Å²) in [5.41, 5.74) is 7.39. The number of aromatic nitrogens is 1. The number of para-hydroxylation sites is 1. The van der Waals surface area contributed by atoms with E-state index in [-0.39, 0.29) is 5.91 Å². The van der Waals surface area contributed by atoms with Crippen molar-refractivity contribution in [2.75, 3.05) is 18.4 Å². The van der Waals surface area contributed by atoms with E-state index >= 15 is 0 Å². The molecule has 0 saturated carbocycles. The van der Waals surface area contributed by atoms with Gasteiger partial charge in [0.2, 0.25) is 5.91 Å². The molecule has 1 amide bonds. The van der Waals surface area contributed by atoms with Gasteiger partial charge in [-0.2, -0.15) is 0 Å². The number of hydrogen-bond acceptors (Lipinski definition) is 4. The van der Waals surface area contributed by atoms with E-state index in [0.717, 1.165) is 16.5 Å². The van der Waals surface area contributed by atoms with Gasteiger partial charge in [-0.1, -0.05) is 30.4 Å². The Bertz CT molecular complexity index is 657. The Balaban J connectivity index is 2.22. The molecule has 0 radical (unpaired) electrons. The third-order valence-corrected chi connectivity index (χ3v) is 3.01. The highest BCUT2D eigenvalue weighted by Gasteiger charge is 2.07. The Morgan fingerprint density at radius 3 is 2.80 bits per heavy atom. The molecule has 0 aliphatic rings. The number of nitrogens with zero attached hydrogens (tertiary/aromatic N) is 1. The lowest BCUT2D eigenvalue weighted by Gasteiger charge is -2.10. The van der Waals surface area contributed by atoms with Crippen LogP contribution in [0.4, 0.5) is 5.82 Å². The second kappa shape index (κ2) is 6.29. The summed E-state index contributed by atoms with van der Waals surface area (Å²) in [6.07, 6.45) is 0. The van der Waals surface area contributed by atoms with E-state index in [1.165, 1.54) is 6.92 Å². The number of thiocarbonyl (C=S) groups is 1. The zero-order chi connectivity index (χ0) is 14.5. The normalized spacial score (nSPS) is 10.2. The second-order valence-electron chi connectivity index (χ2n) is 4.35. The minimum absolute atomic E-state index is 0.0536. The molecule has 0 fully saturated rings. The summed E-state index contributed by atoms with van der Waals surface area (Å²) < 4.78 is 0. The first-order chi connectivity index (χ1) is 9.58. The number of fused-ring (bicyclic) bond motifs is 1. The maximum absolute atomic E-state index is 10.8. The zero-order valence-corrected chi connectivity index (χ0v) is 12.0. The van der Waals surface area contributed by atoms with Crippen molar-refractivity contribution in [3.63, 3.8) is 0 Å². The van der Waals surface area contributed by atoms with Crippen LogP contribution < -0.4 is 16.4 Å². The van der Waals surface area contributed by atoms with Gasteiger partial charge in [-0.3, -0.25) is 4.79 Å². The predicted molar refractivity (Wildman–Crippen MR) is 84.8 cm³/mol. The van der Waals surface area contributed by atoms with Crippen LogP contribution in [0, 0.1) is 0 Å². The van der Waals surface area contributed by atoms with Crippen LogP contribution >= 0.6 is 12.2 Å². The molecule has 5 nitrogen and oxygen atoms in total. The highest BCUT2D eigenvalue weighted by molar-refractivity contribution is 7.80. The van der Waals surface area contributed by atoms with Crippen LogP contribution in [0.5, 0.6) is 0 Å². The first-order valence-electron chi connectivity index (χ1n) is 6.26. The quantitative estimate of drug-likeness (QED) is 0.573. The Morgan fingerprint density at radius 1 is 1.35 bits per heavy atom. The molecule has 1 aromatic carbocycles. The lowest BCUT2D eigenvalue weighted by atomic mass is 10.1. The molecule has 2 rings (SSSR count). The van der Waals surface area contributed by atoms with Gasteiger partial charge in [0, 0.05) is 31.0 Å². The third-order valence-electron chi connectivity index (χ3n) is 2.79. The molecule has 0 atom stereocenters. The van der Waals surface area contributed by atoms with Gasteiger partial charge in [-0.25, -0.2) is 4.98 Å². The summed E-state index contributed by atoms with van der Waals surface area (Å²) in [5.74, 6) is 0.638. The van der Waals surface area contributed by atoms with Crippen LogP contribution in [0.3, 0.4) is 0 Å². The molecule has 0 saturated heterocycles. The summed E-state index contributed by atoms with van der Waals surface area (Å²) in [6, 6.07) is 9.53. The minimum atomic E-state index is -0.0536. The van der Waals surface area contributed by atoms with Gasteiger partial charge < -0.3 is 16.4 Å². The van der Waals surface area contributed by atoms with Crippen LogP contribution in [-0.4, -0.2) is 29.0 Å². The fourth-order valence-corrected chi connectivity index (χ4v) is 2.07. The average molecular weight is 288 g/mol. The number of pyridine rings is 1. The maximum atomic E-state index is 10.8. The largest absolute Gasteiger partial charge is 0.389 e. The van der Waals surface area contributed by atoms with Crippen molar-refractivity contribution in [3.8, 4) is 0 Å². The van der Waals surface area contributed by atoms with Crippen molar-refractivity contribution >= 4 is 39.8 Å². The molecule has 2 aromatic rings. The van der Waals surface area contributed by atoms with E-state index in [2.05, 4.69) is 15.6 Å². The highest BCUT2D eigenvalue weighted by atomic mass is 32.1. The third kappa shape index (κ3) is 3.42. The first-order valence-corrected chi connectivity index (χ1v) is 6.66. The molecule has 0 bridgehead atoms. The fraction of sp³-hybridized carbons (Fsp3) is 0.214. The number of nitrogens with two attached hydrogens (primary N) is 1. The summed E-state index contributed by atoms with van der Waals surface area (Å²) in [6.45, 7) is 2.60. The SMILES string of the molecule is CC(=O)NCCNc1cc(C(N)=S)c2ccccc2n1. The van der Waals surface area contributed by atoms with Gasteiger partial charge in [0.15, 0.2) is 0 Å². The molecule has 6 heteroatoms. The Morgan fingerprint density at radius 2 is 2.10 bits per heavy atom. The van der Waals surface area contributed by atoms with Gasteiger partial charge in [-0.05, 0) is 12.1 Å². The van der Waals surface area contributed by atoms with E-state index < -0.39 is 0 Å². The topological polar surface area (TPSA) is 80.0 Å². The number of hydrogen-bond donors (Lipinski definition) is 3. The molecule has 4 N–H and O–H groups in total. The second-order valence-corrected chi connectivity index (χ2v) is 4.79. The molecular weight excluding hydrogens is 272 g/mol. The number of nitrogens with one attached hydrogen (secondary N) is 2. The lowest BCUT2D eigenvalue weighted by Crippen LogP contribution is -2.26. The van der Waals surface area contributed by atoms with Gasteiger partial charge in [0.25, 0.3) is 0 Å². The molecule has 104 valence electrons. The smallest absolute Gasteiger partial charge is 0.216 e. The summed E-state index contributed by atoms with van der Waals surface area (Å²) in [4.78, 5) is 15.6. The van der Waals surface area contributed by atoms with Crippen molar-refractivity contribution in [2.24, 2.45) is 5.73 Å². The van der Waals surface area contributed by atoms with Crippen molar-refractivity contribution in [3.05, 3.63) is 35.9 Å². The number of anilines is 1. The van der Waals surface area contributed by atoms with Crippen molar-refractivity contribution < 1.29 is 4.79 Å². The van der Waals surface area contributed by atoms with E-state index in [1.807, 2.05) is 30.3 Å². The van der Waals surface area contributed by atoms with E-state index in [4.69, 9.17) is 18.0 Å². The molecule has 0 aliphatic carbocycles. The minimum Gasteiger partial charge on any atom is -0.389 e. The summed E-state index contributed by atoms with van der Waals surface area (Å²) >= 11 is 5.08. The Labute approximate surface area is 122 Å². The summed E-state index contributed by atoms with van der Waals surface area (Å²) in [5, 5.41) is 6.79. The monoisotopic (exact) mass is 288 g/mol. The highest BCUT2D eigenvalue weighted by Crippen LogP contribution is 2.20. The number of amides is 1. The van der Waals surface area contributed by atoms with E-state index in [9.17, 15) is 4.79 Å². The van der Waals surface area contributed by atoms with Gasteiger partial charge in [-0.15, -0.1) is 0 Å². The predicted octanol–water partition coefficient (Wildman–Crippen LogP) is 1.42. The number of carbonyl (C=O) groups excluding carboxylic acids is 1. The van der Waals surface area contributed by atoms with E-state index in [1.54, 1.807) is 0 Å². The van der Waals surface area contributed by atoms with Crippen molar-refractivity contribution in [2.45, 2.75) is 6.92 Å². The first kappa shape index (κ1) is 14.2. The van der Waals surface area contributed by atoms with Crippen molar-refractivity contribution in [1.29, 1.82) is 0 Å². The number of benzene rings is 1. The van der Waals surface area contributed by atoms with Crippen LogP contribution in [0.2, 0.25) is 0 Å². The molecular formula is C14H16N4OS. The van der Waals surface area contributed by atoms with Gasteiger partial charge in [0.1, 0.15) is 10.8 Å². The molecule has 1 heterocycles. The zero-order valence-electron chi connectivity index (χ0n) is 11.1. The number of carbonyl (C=O) groups is 1. The average Bonchev–Trinajstić information content (AvgIpc) is 2.42. The van der Waals surface area contributed by atoms with Crippen LogP contribution in [0.1, 0.15) is 12.5 Å². The van der Waals surface area contributed by atoms with Crippen molar-refractivity contribution in [1.82, 2.24) is 10.3 Å². The fourth-order valence-electron chi connectivity index (χ4n) is 1.90. The van der Waals surface area contributed by atoms with E-state index in [0.29, 0.717) is 23.9 Å².